The Morgan fingerprint density at radius 1 is 0.739 bits per heavy atom. The molecule has 0 heterocycles. The number of para-hydroxylation sites is 2. The average Bonchev–Trinajstić information content (AvgIpc) is 3.09. The van der Waals surface area contributed by atoms with E-state index < -0.39 is 5.91 Å². The van der Waals surface area contributed by atoms with Gasteiger partial charge in [-0.25, -0.2) is 0 Å². The fourth-order valence-corrected chi connectivity index (χ4v) is 5.85. The van der Waals surface area contributed by atoms with Crippen LogP contribution >= 0.6 is 11.8 Å². The van der Waals surface area contributed by atoms with Gasteiger partial charge in [-0.1, -0.05) is 97.4 Å². The molecule has 0 fully saturated rings. The van der Waals surface area contributed by atoms with Gasteiger partial charge in [0.1, 0.15) is 5.70 Å². The van der Waals surface area contributed by atoms with Crippen molar-refractivity contribution in [2.45, 2.75) is 30.4 Å². The summed E-state index contributed by atoms with van der Waals surface area (Å²) in [4.78, 5) is 43.2. The van der Waals surface area contributed by atoms with Crippen molar-refractivity contribution in [1.82, 2.24) is 5.32 Å². The lowest BCUT2D eigenvalue weighted by Gasteiger charge is -2.27. The number of rotatable bonds is 11. The van der Waals surface area contributed by atoms with E-state index in [0.29, 0.717) is 17.7 Å². The minimum absolute atomic E-state index is 0.0359. The second-order valence-corrected chi connectivity index (χ2v) is 11.9. The van der Waals surface area contributed by atoms with Gasteiger partial charge in [0.15, 0.2) is 0 Å². The topological polar surface area (TPSA) is 78.5 Å². The third-order valence-electron chi connectivity index (χ3n) is 7.18. The number of hydrogen-bond donors (Lipinski definition) is 2. The number of carbonyl (C=O) groups excluding carboxylic acids is 3. The van der Waals surface area contributed by atoms with Crippen LogP contribution in [0.2, 0.25) is 0 Å². The van der Waals surface area contributed by atoms with Crippen molar-refractivity contribution < 1.29 is 14.4 Å². The third kappa shape index (κ3) is 8.40. The summed E-state index contributed by atoms with van der Waals surface area (Å²) in [7, 11) is 0. The molecule has 5 aromatic carbocycles. The van der Waals surface area contributed by atoms with Gasteiger partial charge in [-0.3, -0.25) is 19.3 Å². The molecule has 0 bridgehead atoms. The number of hydrogen-bond acceptors (Lipinski definition) is 4. The molecule has 7 heteroatoms. The minimum Gasteiger partial charge on any atom is -0.321 e. The Labute approximate surface area is 274 Å². The van der Waals surface area contributed by atoms with Crippen LogP contribution in [0, 0.1) is 6.92 Å². The number of nitrogens with one attached hydrogen (secondary N) is 2. The Hall–Kier alpha value is -5.40. The first-order valence-corrected chi connectivity index (χ1v) is 16.0. The van der Waals surface area contributed by atoms with Crippen molar-refractivity contribution in [1.29, 1.82) is 0 Å². The van der Waals surface area contributed by atoms with Crippen LogP contribution in [0.3, 0.4) is 0 Å². The second kappa shape index (κ2) is 15.5. The summed E-state index contributed by atoms with van der Waals surface area (Å²) >= 11 is 1.45. The quantitative estimate of drug-likeness (QED) is 0.114. The molecule has 5 aromatic rings. The van der Waals surface area contributed by atoms with Gasteiger partial charge >= 0.3 is 0 Å². The average molecular weight is 626 g/mol. The summed E-state index contributed by atoms with van der Waals surface area (Å²) in [5, 5.41) is 5.34. The van der Waals surface area contributed by atoms with Crippen molar-refractivity contribution >= 4 is 52.6 Å². The summed E-state index contributed by atoms with van der Waals surface area (Å²) in [6, 6.07) is 43.1. The zero-order chi connectivity index (χ0) is 32.3. The third-order valence-corrected chi connectivity index (χ3v) is 8.53. The highest BCUT2D eigenvalue weighted by molar-refractivity contribution is 8.00. The predicted octanol–water partition coefficient (Wildman–Crippen LogP) is 8.64. The molecule has 3 amide bonds. The molecule has 0 aromatic heterocycles. The van der Waals surface area contributed by atoms with Crippen LogP contribution in [-0.2, 0) is 9.59 Å². The van der Waals surface area contributed by atoms with E-state index in [4.69, 9.17) is 0 Å². The van der Waals surface area contributed by atoms with E-state index in [1.165, 1.54) is 11.8 Å². The monoisotopic (exact) mass is 625 g/mol. The van der Waals surface area contributed by atoms with Gasteiger partial charge in [0.05, 0.1) is 5.25 Å². The maximum absolute atomic E-state index is 14.0. The lowest BCUT2D eigenvalue weighted by molar-refractivity contribution is -0.117. The van der Waals surface area contributed by atoms with Crippen LogP contribution in [0.4, 0.5) is 17.1 Å². The zero-order valence-corrected chi connectivity index (χ0v) is 26.5. The van der Waals surface area contributed by atoms with Crippen LogP contribution < -0.4 is 15.5 Å². The highest BCUT2D eigenvalue weighted by atomic mass is 32.2. The molecule has 0 aliphatic rings. The van der Waals surface area contributed by atoms with E-state index in [-0.39, 0.29) is 22.8 Å². The van der Waals surface area contributed by atoms with Crippen LogP contribution in [0.5, 0.6) is 0 Å². The largest absolute Gasteiger partial charge is 0.321 e. The lowest BCUT2D eigenvalue weighted by Crippen LogP contribution is -2.34. The predicted molar refractivity (Wildman–Crippen MR) is 188 cm³/mol. The minimum atomic E-state index is -0.463. The number of nitrogens with zero attached hydrogens (tertiary/aromatic N) is 1. The molecule has 1 atom stereocenters. The first-order valence-electron chi connectivity index (χ1n) is 15.1. The van der Waals surface area contributed by atoms with Crippen molar-refractivity contribution in [3.63, 3.8) is 0 Å². The summed E-state index contributed by atoms with van der Waals surface area (Å²) in [6.07, 6.45) is 2.26. The maximum Gasteiger partial charge on any atom is 0.272 e. The molecule has 2 N–H and O–H groups in total. The Bertz CT molecular complexity index is 1770. The normalized spacial score (nSPS) is 11.7. The Morgan fingerprint density at radius 2 is 1.33 bits per heavy atom. The number of benzene rings is 5. The first kappa shape index (κ1) is 32.0. The Balaban J connectivity index is 1.36. The SMILES string of the molecule is CCC(Sc1cccc(NC(=O)/C(=C\c2ccc(C)cc2)NC(=O)c2ccccc2)c1)C(=O)N(c1ccccc1)c1ccccc1. The number of carbonyl (C=O) groups is 3. The molecule has 230 valence electrons. The molecule has 0 aliphatic carbocycles. The second-order valence-electron chi connectivity index (χ2n) is 10.6. The molecule has 0 saturated carbocycles. The van der Waals surface area contributed by atoms with Gasteiger partial charge in [0.25, 0.3) is 11.8 Å². The molecule has 0 saturated heterocycles. The van der Waals surface area contributed by atoms with E-state index in [9.17, 15) is 14.4 Å². The van der Waals surface area contributed by atoms with E-state index in [2.05, 4.69) is 10.6 Å². The maximum atomic E-state index is 14.0. The number of aryl methyl sites for hydroxylation is 1. The number of anilines is 3. The van der Waals surface area contributed by atoms with Crippen LogP contribution in [0.1, 0.15) is 34.8 Å². The van der Waals surface area contributed by atoms with Crippen molar-refractivity contribution in [3.8, 4) is 0 Å². The number of amides is 3. The highest BCUT2D eigenvalue weighted by Crippen LogP contribution is 2.33. The molecule has 1 unspecified atom stereocenters. The molecular formula is C39H35N3O3S. The molecule has 5 rings (SSSR count). The lowest BCUT2D eigenvalue weighted by atomic mass is 10.1. The van der Waals surface area contributed by atoms with Crippen molar-refractivity contribution in [2.24, 2.45) is 0 Å². The van der Waals surface area contributed by atoms with Crippen LogP contribution in [-0.4, -0.2) is 23.0 Å². The molecular weight excluding hydrogens is 591 g/mol. The smallest absolute Gasteiger partial charge is 0.272 e. The zero-order valence-electron chi connectivity index (χ0n) is 25.7. The number of thioether (sulfide) groups is 1. The molecule has 0 spiro atoms. The summed E-state index contributed by atoms with van der Waals surface area (Å²) in [5.74, 6) is -0.884. The molecule has 0 aliphatic heterocycles. The fraction of sp³-hybridized carbons (Fsp3) is 0.103. The molecule has 0 radical (unpaired) electrons. The summed E-state index contributed by atoms with van der Waals surface area (Å²) in [6.45, 7) is 3.98. The van der Waals surface area contributed by atoms with Gasteiger partial charge < -0.3 is 10.6 Å². The highest BCUT2D eigenvalue weighted by Gasteiger charge is 2.27. The summed E-state index contributed by atoms with van der Waals surface area (Å²) < 4.78 is 0. The summed E-state index contributed by atoms with van der Waals surface area (Å²) in [5.41, 5.74) is 4.56. The van der Waals surface area contributed by atoms with Gasteiger partial charge in [-0.15, -0.1) is 11.8 Å². The molecule has 6 nitrogen and oxygen atoms in total. The fourth-order valence-electron chi connectivity index (χ4n) is 4.79. The van der Waals surface area contributed by atoms with Gasteiger partial charge in [-0.2, -0.15) is 0 Å². The van der Waals surface area contributed by atoms with E-state index in [1.807, 2.05) is 123 Å². The van der Waals surface area contributed by atoms with E-state index in [0.717, 1.165) is 27.4 Å². The van der Waals surface area contributed by atoms with Crippen LogP contribution in [0.15, 0.2) is 150 Å². The first-order chi connectivity index (χ1) is 22.4. The van der Waals surface area contributed by atoms with E-state index >= 15 is 0 Å². The standard InChI is InChI=1S/C39H35N3O3S/c1-3-36(39(45)42(32-17-9-5-10-18-32)33-19-11-6-12-20-33)46-34-21-13-16-31(27-34)40-38(44)35(26-29-24-22-28(2)23-25-29)41-37(43)30-14-7-4-8-15-30/h4-27,36H,3H2,1-2H3,(H,40,44)(H,41,43)/b35-26+. The molecule has 46 heavy (non-hydrogen) atoms. The van der Waals surface area contributed by atoms with Gasteiger partial charge in [0, 0.05) is 27.5 Å². The van der Waals surface area contributed by atoms with Crippen LogP contribution in [0.25, 0.3) is 6.08 Å². The Kier molecular flexibility index (Phi) is 10.8. The van der Waals surface area contributed by atoms with Crippen molar-refractivity contribution in [3.05, 3.63) is 162 Å². The van der Waals surface area contributed by atoms with Gasteiger partial charge in [-0.05, 0) is 79.6 Å². The van der Waals surface area contributed by atoms with Gasteiger partial charge in [0.2, 0.25) is 5.91 Å². The van der Waals surface area contributed by atoms with Crippen molar-refractivity contribution in [2.75, 3.05) is 10.2 Å². The Morgan fingerprint density at radius 3 is 1.91 bits per heavy atom. The van der Waals surface area contributed by atoms with E-state index in [1.54, 1.807) is 41.3 Å².